The Morgan fingerprint density at radius 2 is 1.94 bits per heavy atom. The van der Waals surface area contributed by atoms with E-state index in [0.29, 0.717) is 38.3 Å². The van der Waals surface area contributed by atoms with Gasteiger partial charge in [-0.05, 0) is 46.7 Å². The molecule has 1 saturated heterocycles. The van der Waals surface area contributed by atoms with Crippen molar-refractivity contribution in [2.45, 2.75) is 38.3 Å². The second kappa shape index (κ2) is 9.08. The monoisotopic (exact) mass is 466 g/mol. The van der Waals surface area contributed by atoms with Gasteiger partial charge < -0.3 is 14.7 Å². The van der Waals surface area contributed by atoms with E-state index in [1.54, 1.807) is 11.3 Å². The van der Waals surface area contributed by atoms with Crippen LogP contribution in [0.1, 0.15) is 40.9 Å². The number of carbonyl (C=O) groups excluding carboxylic acids is 2. The number of nitrogens with zero attached hydrogens (tertiary/aromatic N) is 4. The van der Waals surface area contributed by atoms with Gasteiger partial charge in [0.25, 0.3) is 11.8 Å². The number of hydrogen-bond donors (Lipinski definition) is 0. The average Bonchev–Trinajstić information content (AvgIpc) is 3.55. The van der Waals surface area contributed by atoms with E-state index < -0.39 is 0 Å². The van der Waals surface area contributed by atoms with Crippen LogP contribution in [0.5, 0.6) is 0 Å². The molecule has 32 heavy (non-hydrogen) atoms. The summed E-state index contributed by atoms with van der Waals surface area (Å²) in [6.45, 7) is 3.13. The molecule has 8 heteroatoms. The first-order valence-electron chi connectivity index (χ1n) is 11.2. The second-order valence-corrected chi connectivity index (χ2v) is 10.4. The highest BCUT2D eigenvalue weighted by atomic mass is 32.1. The lowest BCUT2D eigenvalue weighted by Crippen LogP contribution is -2.56. The molecule has 6 nitrogen and oxygen atoms in total. The van der Waals surface area contributed by atoms with Crippen LogP contribution in [0.15, 0.2) is 45.6 Å². The summed E-state index contributed by atoms with van der Waals surface area (Å²) in [6.07, 6.45) is 4.24. The summed E-state index contributed by atoms with van der Waals surface area (Å²) in [6, 6.07) is 8.24. The van der Waals surface area contributed by atoms with Gasteiger partial charge in [0, 0.05) is 50.4 Å². The summed E-state index contributed by atoms with van der Waals surface area (Å²) < 4.78 is 0. The lowest BCUT2D eigenvalue weighted by atomic mass is 9.76. The largest absolute Gasteiger partial charge is 0.370 e. The van der Waals surface area contributed by atoms with Gasteiger partial charge in [-0.1, -0.05) is 18.9 Å². The van der Waals surface area contributed by atoms with Crippen LogP contribution in [0.4, 0.5) is 0 Å². The quantitative estimate of drug-likeness (QED) is 0.684. The molecule has 2 aromatic heterocycles. The van der Waals surface area contributed by atoms with E-state index >= 15 is 0 Å². The maximum atomic E-state index is 13.5. The normalized spacial score (nSPS) is 23.8. The lowest BCUT2D eigenvalue weighted by molar-refractivity contribution is -0.133. The Morgan fingerprint density at radius 1 is 1.12 bits per heavy atom. The minimum Gasteiger partial charge on any atom is -0.370 e. The van der Waals surface area contributed by atoms with Crippen LogP contribution in [0.25, 0.3) is 0 Å². The number of amides is 2. The lowest BCUT2D eigenvalue weighted by Gasteiger charge is -2.49. The van der Waals surface area contributed by atoms with Gasteiger partial charge in [-0.2, -0.15) is 16.6 Å². The number of carbonyl (C=O) groups is 2. The van der Waals surface area contributed by atoms with Crippen molar-refractivity contribution in [1.82, 2.24) is 14.7 Å². The molecule has 1 aliphatic carbocycles. The molecule has 2 aliphatic heterocycles. The number of rotatable bonds is 4. The Bertz CT molecular complexity index is 1050. The van der Waals surface area contributed by atoms with Gasteiger partial charge >= 0.3 is 0 Å². The Balaban J connectivity index is 1.39. The van der Waals surface area contributed by atoms with Crippen LogP contribution in [0, 0.1) is 17.2 Å². The van der Waals surface area contributed by atoms with Crippen molar-refractivity contribution in [2.75, 3.05) is 26.2 Å². The van der Waals surface area contributed by atoms with Crippen LogP contribution >= 0.6 is 22.7 Å². The molecular weight excluding hydrogens is 440 g/mol. The minimum absolute atomic E-state index is 0.0753. The molecule has 2 amide bonds. The summed E-state index contributed by atoms with van der Waals surface area (Å²) in [7, 11) is 0. The molecule has 0 N–H and O–H groups in total. The maximum Gasteiger partial charge on any atom is 0.266 e. The fourth-order valence-electron chi connectivity index (χ4n) is 5.37. The van der Waals surface area contributed by atoms with Crippen molar-refractivity contribution in [2.24, 2.45) is 5.92 Å². The highest BCUT2D eigenvalue weighted by Gasteiger charge is 2.45. The van der Waals surface area contributed by atoms with Crippen molar-refractivity contribution < 1.29 is 9.59 Å². The predicted octanol–water partition coefficient (Wildman–Crippen LogP) is 3.95. The van der Waals surface area contributed by atoms with E-state index in [2.05, 4.69) is 22.4 Å². The van der Waals surface area contributed by atoms with E-state index in [-0.39, 0.29) is 23.8 Å². The predicted molar refractivity (Wildman–Crippen MR) is 125 cm³/mol. The van der Waals surface area contributed by atoms with Crippen molar-refractivity contribution >= 4 is 34.5 Å². The fourth-order valence-corrected chi connectivity index (χ4v) is 6.72. The smallest absolute Gasteiger partial charge is 0.266 e. The zero-order chi connectivity index (χ0) is 22.1. The Kier molecular flexibility index (Phi) is 6.03. The van der Waals surface area contributed by atoms with E-state index in [1.165, 1.54) is 11.3 Å². The molecule has 0 aromatic carbocycles. The first-order valence-corrected chi connectivity index (χ1v) is 13.0. The summed E-state index contributed by atoms with van der Waals surface area (Å²) in [5.74, 6) is 0.148. The van der Waals surface area contributed by atoms with Crippen molar-refractivity contribution in [1.29, 1.82) is 5.26 Å². The maximum absolute atomic E-state index is 13.5. The number of fused-ring (bicyclic) bond motifs is 1. The highest BCUT2D eigenvalue weighted by Crippen LogP contribution is 2.41. The van der Waals surface area contributed by atoms with Crippen molar-refractivity contribution in [3.05, 3.63) is 56.1 Å². The molecular formula is C24H26N4O2S2. The molecule has 5 rings (SSSR count). The Morgan fingerprint density at radius 3 is 2.62 bits per heavy atom. The zero-order valence-corrected chi connectivity index (χ0v) is 19.5. The van der Waals surface area contributed by atoms with Gasteiger partial charge in [0.1, 0.15) is 11.6 Å². The third-order valence-electron chi connectivity index (χ3n) is 6.90. The van der Waals surface area contributed by atoms with Gasteiger partial charge in [0.05, 0.1) is 4.88 Å². The molecule has 3 aliphatic rings. The van der Waals surface area contributed by atoms with Gasteiger partial charge in [-0.3, -0.25) is 9.59 Å². The van der Waals surface area contributed by atoms with E-state index in [4.69, 9.17) is 0 Å². The van der Waals surface area contributed by atoms with Gasteiger partial charge in [0.2, 0.25) is 0 Å². The van der Waals surface area contributed by atoms with Gasteiger partial charge in [0.15, 0.2) is 0 Å². The second-order valence-electron chi connectivity index (χ2n) is 8.65. The first kappa shape index (κ1) is 21.2. The molecule has 0 bridgehead atoms. The Hall–Kier alpha value is -2.63. The van der Waals surface area contributed by atoms with Crippen molar-refractivity contribution in [3.63, 3.8) is 0 Å². The third kappa shape index (κ3) is 3.84. The number of thiophene rings is 2. The third-order valence-corrected chi connectivity index (χ3v) is 8.49. The molecule has 0 spiro atoms. The summed E-state index contributed by atoms with van der Waals surface area (Å²) in [4.78, 5) is 33.0. The van der Waals surface area contributed by atoms with Crippen LogP contribution in [-0.2, 0) is 11.3 Å². The standard InChI is InChI=1S/C24H26N4O2S2/c25-14-19-22(26-8-10-27(11-9-26)24(30)21-6-3-12-32-21)18-4-1-2-5-20(18)28(23(19)29)15-17-7-13-31-16-17/h3,6-7,12-13,16,18,20H,1-2,4-5,8-11,15H2. The van der Waals surface area contributed by atoms with Crippen LogP contribution in [0.3, 0.4) is 0 Å². The van der Waals surface area contributed by atoms with Crippen LogP contribution in [-0.4, -0.2) is 58.7 Å². The van der Waals surface area contributed by atoms with E-state index in [1.807, 2.05) is 32.7 Å². The molecule has 4 heterocycles. The van der Waals surface area contributed by atoms with Crippen LogP contribution in [0.2, 0.25) is 0 Å². The number of hydrogen-bond acceptors (Lipinski definition) is 6. The van der Waals surface area contributed by atoms with Crippen molar-refractivity contribution in [3.8, 4) is 6.07 Å². The van der Waals surface area contributed by atoms with Crippen LogP contribution < -0.4 is 0 Å². The highest BCUT2D eigenvalue weighted by molar-refractivity contribution is 7.12. The molecule has 1 saturated carbocycles. The van der Waals surface area contributed by atoms with Gasteiger partial charge in [-0.25, -0.2) is 0 Å². The van der Waals surface area contributed by atoms with Gasteiger partial charge in [-0.15, -0.1) is 11.3 Å². The molecule has 0 radical (unpaired) electrons. The fraction of sp³-hybridized carbons (Fsp3) is 0.458. The first-order chi connectivity index (χ1) is 15.7. The topological polar surface area (TPSA) is 67.7 Å². The summed E-state index contributed by atoms with van der Waals surface area (Å²) in [5.41, 5.74) is 2.38. The average molecular weight is 467 g/mol. The molecule has 2 aromatic rings. The molecule has 2 atom stereocenters. The molecule has 166 valence electrons. The van der Waals surface area contributed by atoms with E-state index in [9.17, 15) is 14.9 Å². The minimum atomic E-state index is -0.131. The Labute approximate surface area is 196 Å². The number of nitriles is 1. The van der Waals surface area contributed by atoms with E-state index in [0.717, 1.165) is 41.8 Å². The summed E-state index contributed by atoms with van der Waals surface area (Å²) in [5, 5.41) is 16.1. The molecule has 2 fully saturated rings. The number of piperazine rings is 1. The molecule has 2 unspecified atom stereocenters. The SMILES string of the molecule is N#CC1=C(N2CCN(C(=O)c3cccs3)CC2)C2CCCCC2N(Cc2ccsc2)C1=O. The summed E-state index contributed by atoms with van der Waals surface area (Å²) >= 11 is 3.10. The zero-order valence-electron chi connectivity index (χ0n) is 17.9.